The van der Waals surface area contributed by atoms with Crippen LogP contribution in [0.1, 0.15) is 12.8 Å². The van der Waals surface area contributed by atoms with Gasteiger partial charge in [0.15, 0.2) is 5.79 Å². The van der Waals surface area contributed by atoms with Crippen molar-refractivity contribution in [2.75, 3.05) is 13.2 Å². The van der Waals surface area contributed by atoms with Crippen LogP contribution in [-0.2, 0) is 9.47 Å². The number of ether oxygens (including phenoxy) is 2. The molecule has 1 heterocycles. The second kappa shape index (κ2) is 4.00. The molecule has 5 heteroatoms. The van der Waals surface area contributed by atoms with Crippen LogP contribution in [-0.4, -0.2) is 31.3 Å². The zero-order valence-corrected chi connectivity index (χ0v) is 9.37. The Morgan fingerprint density at radius 2 is 2.21 bits per heavy atom. The maximum Gasteiger partial charge on any atom is 0.190 e. The number of aliphatic imine (C=N–C) groups is 1. The summed E-state index contributed by atoms with van der Waals surface area (Å²) in [6.07, 6.45) is 5.13. The monoisotopic (exact) mass is 260 g/mol. The van der Waals surface area contributed by atoms with Crippen molar-refractivity contribution in [3.05, 3.63) is 10.7 Å². The molecule has 1 spiro atoms. The van der Waals surface area contributed by atoms with Crippen molar-refractivity contribution in [3.63, 3.8) is 0 Å². The summed E-state index contributed by atoms with van der Waals surface area (Å²) in [7, 11) is 0. The van der Waals surface area contributed by atoms with Crippen LogP contribution < -0.4 is 5.73 Å². The van der Waals surface area contributed by atoms with Gasteiger partial charge in [0.05, 0.1) is 17.7 Å². The number of nitrogens with two attached hydrogens (primary N) is 1. The third-order valence-corrected chi connectivity index (χ3v) is 3.06. The highest BCUT2D eigenvalue weighted by atomic mass is 79.9. The molecule has 2 N–H and O–H groups in total. The van der Waals surface area contributed by atoms with Crippen LogP contribution in [0.3, 0.4) is 0 Å². The number of allylic oxidation sites excluding steroid dienone is 1. The number of hydrogen-bond acceptors (Lipinski definition) is 4. The molecule has 0 bridgehead atoms. The maximum atomic E-state index is 5.55. The second-order valence-corrected chi connectivity index (χ2v) is 4.31. The SMILES string of the molecule is N/C=C(/Br)C=NC1CCC12OCCO2. The number of hydrogen-bond donors (Lipinski definition) is 1. The summed E-state index contributed by atoms with van der Waals surface area (Å²) < 4.78 is 11.9. The largest absolute Gasteiger partial charge is 0.404 e. The molecule has 0 amide bonds. The molecule has 1 saturated carbocycles. The molecule has 1 aliphatic heterocycles. The molecule has 1 atom stereocenters. The summed E-state index contributed by atoms with van der Waals surface area (Å²) in [6, 6.07) is 0.123. The Morgan fingerprint density at radius 1 is 1.50 bits per heavy atom. The van der Waals surface area contributed by atoms with E-state index in [1.165, 1.54) is 6.20 Å². The molecule has 2 rings (SSSR count). The zero-order chi connectivity index (χ0) is 10.0. The molecule has 2 aliphatic rings. The molecule has 0 radical (unpaired) electrons. The highest BCUT2D eigenvalue weighted by Crippen LogP contribution is 2.42. The van der Waals surface area contributed by atoms with Gasteiger partial charge in [-0.2, -0.15) is 0 Å². The van der Waals surface area contributed by atoms with Crippen LogP contribution in [0.15, 0.2) is 15.7 Å². The summed E-state index contributed by atoms with van der Waals surface area (Å²) in [5, 5.41) is 0. The van der Waals surface area contributed by atoms with E-state index in [-0.39, 0.29) is 6.04 Å². The molecule has 1 saturated heterocycles. The van der Waals surface area contributed by atoms with Gasteiger partial charge in [-0.1, -0.05) is 0 Å². The van der Waals surface area contributed by atoms with Crippen LogP contribution in [0.2, 0.25) is 0 Å². The standard InChI is InChI=1S/C9H13BrN2O2/c10-7(5-11)6-12-8-1-2-9(8)13-3-4-14-9/h5-6,8H,1-4,11H2/b7-5+,12-6?. The van der Waals surface area contributed by atoms with E-state index in [0.717, 1.165) is 17.3 Å². The lowest BCUT2D eigenvalue weighted by Gasteiger charge is -2.41. The maximum absolute atomic E-state index is 5.55. The first-order valence-corrected chi connectivity index (χ1v) is 5.45. The first-order chi connectivity index (χ1) is 6.77. The van der Waals surface area contributed by atoms with E-state index < -0.39 is 5.79 Å². The van der Waals surface area contributed by atoms with Crippen LogP contribution in [0.4, 0.5) is 0 Å². The highest BCUT2D eigenvalue weighted by molar-refractivity contribution is 9.12. The lowest BCUT2D eigenvalue weighted by Crippen LogP contribution is -2.51. The third kappa shape index (κ3) is 1.71. The fourth-order valence-electron chi connectivity index (χ4n) is 1.71. The van der Waals surface area contributed by atoms with Crippen molar-refractivity contribution in [2.24, 2.45) is 10.7 Å². The van der Waals surface area contributed by atoms with Crippen molar-refractivity contribution in [1.82, 2.24) is 0 Å². The minimum atomic E-state index is -0.418. The van der Waals surface area contributed by atoms with Crippen molar-refractivity contribution < 1.29 is 9.47 Å². The van der Waals surface area contributed by atoms with E-state index in [1.54, 1.807) is 6.21 Å². The Labute approximate surface area is 91.3 Å². The first kappa shape index (κ1) is 10.1. The van der Waals surface area contributed by atoms with Crippen molar-refractivity contribution >= 4 is 22.1 Å². The molecular weight excluding hydrogens is 248 g/mol. The fourth-order valence-corrected chi connectivity index (χ4v) is 1.83. The van der Waals surface area contributed by atoms with E-state index in [4.69, 9.17) is 15.2 Å². The molecule has 0 aromatic rings. The quantitative estimate of drug-likeness (QED) is 0.759. The molecule has 1 unspecified atom stereocenters. The Kier molecular flexibility index (Phi) is 2.90. The van der Waals surface area contributed by atoms with Gasteiger partial charge in [0, 0.05) is 18.8 Å². The normalized spacial score (nSPS) is 31.2. The topological polar surface area (TPSA) is 56.8 Å². The van der Waals surface area contributed by atoms with Gasteiger partial charge >= 0.3 is 0 Å². The summed E-state index contributed by atoms with van der Waals surface area (Å²) in [6.45, 7) is 1.36. The van der Waals surface area contributed by atoms with E-state index >= 15 is 0 Å². The van der Waals surface area contributed by atoms with Crippen LogP contribution in [0, 0.1) is 0 Å². The van der Waals surface area contributed by atoms with E-state index in [9.17, 15) is 0 Å². The average molecular weight is 261 g/mol. The minimum absolute atomic E-state index is 0.123. The Hall–Kier alpha value is -0.390. The third-order valence-electron chi connectivity index (χ3n) is 2.59. The van der Waals surface area contributed by atoms with Crippen LogP contribution >= 0.6 is 15.9 Å². The summed E-state index contributed by atoms with van der Waals surface area (Å²) in [4.78, 5) is 4.37. The van der Waals surface area contributed by atoms with Gasteiger partial charge in [-0.25, -0.2) is 0 Å². The molecular formula is C9H13BrN2O2. The van der Waals surface area contributed by atoms with Crippen molar-refractivity contribution in [3.8, 4) is 0 Å². The van der Waals surface area contributed by atoms with Crippen LogP contribution in [0.25, 0.3) is 0 Å². The molecule has 4 nitrogen and oxygen atoms in total. The Morgan fingerprint density at radius 3 is 2.71 bits per heavy atom. The molecule has 78 valence electrons. The average Bonchev–Trinajstić information content (AvgIpc) is 2.67. The zero-order valence-electron chi connectivity index (χ0n) is 7.78. The smallest absolute Gasteiger partial charge is 0.190 e. The van der Waals surface area contributed by atoms with Gasteiger partial charge in [-0.05, 0) is 22.4 Å². The van der Waals surface area contributed by atoms with Gasteiger partial charge in [-0.3, -0.25) is 4.99 Å². The Balaban J connectivity index is 1.96. The lowest BCUT2D eigenvalue weighted by atomic mass is 9.85. The van der Waals surface area contributed by atoms with Gasteiger partial charge in [0.2, 0.25) is 0 Å². The predicted octanol–water partition coefficient (Wildman–Crippen LogP) is 1.16. The van der Waals surface area contributed by atoms with Gasteiger partial charge < -0.3 is 15.2 Å². The molecule has 1 aliphatic carbocycles. The summed E-state index contributed by atoms with van der Waals surface area (Å²) in [5.74, 6) is -0.418. The molecule has 2 fully saturated rings. The summed E-state index contributed by atoms with van der Waals surface area (Å²) in [5.41, 5.74) is 5.30. The fraction of sp³-hybridized carbons (Fsp3) is 0.667. The van der Waals surface area contributed by atoms with E-state index in [2.05, 4.69) is 20.9 Å². The van der Waals surface area contributed by atoms with E-state index in [0.29, 0.717) is 13.2 Å². The van der Waals surface area contributed by atoms with Gasteiger partial charge in [-0.15, -0.1) is 0 Å². The number of halogens is 1. The number of rotatable bonds is 2. The van der Waals surface area contributed by atoms with Crippen molar-refractivity contribution in [1.29, 1.82) is 0 Å². The van der Waals surface area contributed by atoms with Crippen LogP contribution in [0.5, 0.6) is 0 Å². The van der Waals surface area contributed by atoms with Gasteiger partial charge in [0.25, 0.3) is 0 Å². The first-order valence-electron chi connectivity index (χ1n) is 4.65. The molecule has 0 aromatic heterocycles. The second-order valence-electron chi connectivity index (χ2n) is 3.39. The predicted molar refractivity (Wildman–Crippen MR) is 57.3 cm³/mol. The van der Waals surface area contributed by atoms with E-state index in [1.807, 2.05) is 0 Å². The highest BCUT2D eigenvalue weighted by Gasteiger charge is 2.51. The molecule has 14 heavy (non-hydrogen) atoms. The number of nitrogens with zero attached hydrogens (tertiary/aromatic N) is 1. The minimum Gasteiger partial charge on any atom is -0.404 e. The van der Waals surface area contributed by atoms with Gasteiger partial charge in [0.1, 0.15) is 6.04 Å². The summed E-state index contributed by atoms with van der Waals surface area (Å²) >= 11 is 3.26. The van der Waals surface area contributed by atoms with Crippen molar-refractivity contribution in [2.45, 2.75) is 24.7 Å². The molecule has 0 aromatic carbocycles. The Bertz CT molecular complexity index is 272. The lowest BCUT2D eigenvalue weighted by molar-refractivity contribution is -0.218.